The zero-order valence-electron chi connectivity index (χ0n) is 9.65. The van der Waals surface area contributed by atoms with Gasteiger partial charge in [0.2, 0.25) is 0 Å². The molecule has 0 saturated carbocycles. The van der Waals surface area contributed by atoms with Gasteiger partial charge in [-0.15, -0.1) is 0 Å². The first-order valence-electron chi connectivity index (χ1n) is 5.61. The number of nitriles is 1. The number of hydrogen-bond donors (Lipinski definition) is 1. The Morgan fingerprint density at radius 2 is 2.12 bits per heavy atom. The van der Waals surface area contributed by atoms with Crippen molar-refractivity contribution in [2.75, 3.05) is 19.7 Å². The molecule has 3 nitrogen and oxygen atoms in total. The summed E-state index contributed by atoms with van der Waals surface area (Å²) in [5.41, 5.74) is 0. The summed E-state index contributed by atoms with van der Waals surface area (Å²) in [5.74, 6) is 0.989. The Morgan fingerprint density at radius 3 is 2.81 bits per heavy atom. The number of nitrogens with zero attached hydrogens (tertiary/aromatic N) is 1. The number of benzene rings is 1. The smallest absolute Gasteiger partial charge is 0.119 e. The summed E-state index contributed by atoms with van der Waals surface area (Å²) < 4.78 is 5.53. The van der Waals surface area contributed by atoms with Crippen molar-refractivity contribution in [3.8, 4) is 11.8 Å². The summed E-state index contributed by atoms with van der Waals surface area (Å²) in [4.78, 5) is 0. The minimum absolute atomic E-state index is 0.0787. The SMILES string of the molecule is CC(C#N)CNCCCOc1ccccc1. The van der Waals surface area contributed by atoms with Crippen molar-refractivity contribution in [3.05, 3.63) is 30.3 Å². The van der Waals surface area contributed by atoms with E-state index in [-0.39, 0.29) is 5.92 Å². The lowest BCUT2D eigenvalue weighted by atomic mass is 10.2. The Morgan fingerprint density at radius 1 is 1.38 bits per heavy atom. The molecular weight excluding hydrogens is 200 g/mol. The van der Waals surface area contributed by atoms with E-state index in [1.54, 1.807) is 0 Å². The Balaban J connectivity index is 1.99. The molecule has 1 aromatic carbocycles. The molecule has 0 spiro atoms. The van der Waals surface area contributed by atoms with Crippen LogP contribution in [0.1, 0.15) is 13.3 Å². The lowest BCUT2D eigenvalue weighted by molar-refractivity contribution is 0.307. The maximum Gasteiger partial charge on any atom is 0.119 e. The largest absolute Gasteiger partial charge is 0.494 e. The Kier molecular flexibility index (Phi) is 6.05. The van der Waals surface area contributed by atoms with Crippen LogP contribution in [-0.2, 0) is 0 Å². The molecule has 1 unspecified atom stereocenters. The predicted octanol–water partition coefficient (Wildman–Crippen LogP) is 2.20. The first-order chi connectivity index (χ1) is 7.83. The maximum absolute atomic E-state index is 8.57. The molecule has 0 aromatic heterocycles. The van der Waals surface area contributed by atoms with E-state index in [0.29, 0.717) is 6.61 Å². The van der Waals surface area contributed by atoms with Crippen molar-refractivity contribution in [2.24, 2.45) is 5.92 Å². The number of ether oxygens (including phenoxy) is 1. The van der Waals surface area contributed by atoms with Gasteiger partial charge >= 0.3 is 0 Å². The average molecular weight is 218 g/mol. The van der Waals surface area contributed by atoms with E-state index in [2.05, 4.69) is 11.4 Å². The first-order valence-corrected chi connectivity index (χ1v) is 5.61. The van der Waals surface area contributed by atoms with Crippen LogP contribution in [0.4, 0.5) is 0 Å². The molecule has 0 saturated heterocycles. The zero-order chi connectivity index (χ0) is 11.6. The molecule has 1 aromatic rings. The summed E-state index contributed by atoms with van der Waals surface area (Å²) in [6.45, 7) is 4.26. The van der Waals surface area contributed by atoms with Crippen LogP contribution in [-0.4, -0.2) is 19.7 Å². The van der Waals surface area contributed by atoms with Gasteiger partial charge in [-0.2, -0.15) is 5.26 Å². The van der Waals surface area contributed by atoms with E-state index in [1.807, 2.05) is 37.3 Å². The van der Waals surface area contributed by atoms with Crippen LogP contribution >= 0.6 is 0 Å². The van der Waals surface area contributed by atoms with E-state index >= 15 is 0 Å². The average Bonchev–Trinajstić information content (AvgIpc) is 2.34. The Bertz CT molecular complexity index is 318. The van der Waals surface area contributed by atoms with Crippen molar-refractivity contribution in [2.45, 2.75) is 13.3 Å². The number of nitrogens with one attached hydrogen (secondary N) is 1. The van der Waals surface area contributed by atoms with E-state index in [1.165, 1.54) is 0 Å². The van der Waals surface area contributed by atoms with E-state index < -0.39 is 0 Å². The highest BCUT2D eigenvalue weighted by atomic mass is 16.5. The molecule has 0 aliphatic carbocycles. The standard InChI is InChI=1S/C13H18N2O/c1-12(10-14)11-15-8-5-9-16-13-6-3-2-4-7-13/h2-4,6-7,12,15H,5,8-9,11H2,1H3. The second kappa shape index (κ2) is 7.72. The quantitative estimate of drug-likeness (QED) is 0.714. The molecule has 1 rings (SSSR count). The molecule has 0 amide bonds. The van der Waals surface area contributed by atoms with Gasteiger partial charge in [0.25, 0.3) is 0 Å². The summed E-state index contributed by atoms with van der Waals surface area (Å²) in [7, 11) is 0. The van der Waals surface area contributed by atoms with Gasteiger partial charge in [-0.1, -0.05) is 18.2 Å². The Hall–Kier alpha value is -1.53. The molecule has 0 fully saturated rings. The lowest BCUT2D eigenvalue weighted by Crippen LogP contribution is -2.22. The number of rotatable bonds is 7. The van der Waals surface area contributed by atoms with Crippen molar-refractivity contribution in [1.82, 2.24) is 5.32 Å². The van der Waals surface area contributed by atoms with Gasteiger partial charge in [0.1, 0.15) is 5.75 Å². The minimum atomic E-state index is 0.0787. The third-order valence-electron chi connectivity index (χ3n) is 2.18. The van der Waals surface area contributed by atoms with Crippen LogP contribution in [0.5, 0.6) is 5.75 Å². The molecule has 0 heterocycles. The van der Waals surface area contributed by atoms with Crippen LogP contribution in [0.15, 0.2) is 30.3 Å². The molecule has 0 aliphatic rings. The van der Waals surface area contributed by atoms with Crippen LogP contribution in [0.25, 0.3) is 0 Å². The van der Waals surface area contributed by atoms with Crippen molar-refractivity contribution < 1.29 is 4.74 Å². The van der Waals surface area contributed by atoms with E-state index in [4.69, 9.17) is 10.00 Å². The topological polar surface area (TPSA) is 45.0 Å². The summed E-state index contributed by atoms with van der Waals surface area (Å²) in [6, 6.07) is 12.0. The molecule has 86 valence electrons. The van der Waals surface area contributed by atoms with Gasteiger partial charge in [0.05, 0.1) is 18.6 Å². The normalized spacial score (nSPS) is 11.8. The van der Waals surface area contributed by atoms with Crippen LogP contribution in [0, 0.1) is 17.2 Å². The highest BCUT2D eigenvalue weighted by molar-refractivity contribution is 5.20. The van der Waals surface area contributed by atoms with Gasteiger partial charge in [-0.05, 0) is 32.0 Å². The van der Waals surface area contributed by atoms with E-state index in [0.717, 1.165) is 25.3 Å². The third kappa shape index (κ3) is 5.38. The molecule has 16 heavy (non-hydrogen) atoms. The molecule has 3 heteroatoms. The van der Waals surface area contributed by atoms with Crippen LogP contribution in [0.2, 0.25) is 0 Å². The van der Waals surface area contributed by atoms with Gasteiger partial charge in [0.15, 0.2) is 0 Å². The van der Waals surface area contributed by atoms with Gasteiger partial charge in [-0.25, -0.2) is 0 Å². The summed E-state index contributed by atoms with van der Waals surface area (Å²) >= 11 is 0. The molecule has 1 atom stereocenters. The van der Waals surface area contributed by atoms with Crippen LogP contribution < -0.4 is 10.1 Å². The van der Waals surface area contributed by atoms with Gasteiger partial charge in [-0.3, -0.25) is 0 Å². The van der Waals surface area contributed by atoms with Crippen molar-refractivity contribution >= 4 is 0 Å². The fourth-order valence-corrected chi connectivity index (χ4v) is 1.27. The third-order valence-corrected chi connectivity index (χ3v) is 2.18. The highest BCUT2D eigenvalue weighted by Gasteiger charge is 1.97. The molecule has 0 aliphatic heterocycles. The molecule has 0 radical (unpaired) electrons. The minimum Gasteiger partial charge on any atom is -0.494 e. The highest BCUT2D eigenvalue weighted by Crippen LogP contribution is 2.07. The van der Waals surface area contributed by atoms with Crippen molar-refractivity contribution in [3.63, 3.8) is 0 Å². The first kappa shape index (κ1) is 12.5. The Labute approximate surface area is 97.0 Å². The number of para-hydroxylation sites is 1. The second-order valence-electron chi connectivity index (χ2n) is 3.75. The number of hydrogen-bond acceptors (Lipinski definition) is 3. The second-order valence-corrected chi connectivity index (χ2v) is 3.75. The lowest BCUT2D eigenvalue weighted by Gasteiger charge is -2.07. The van der Waals surface area contributed by atoms with Gasteiger partial charge in [0, 0.05) is 6.54 Å². The predicted molar refractivity (Wildman–Crippen MR) is 64.2 cm³/mol. The molecular formula is C13H18N2O. The summed E-state index contributed by atoms with van der Waals surface area (Å²) in [6.07, 6.45) is 0.951. The maximum atomic E-state index is 8.57. The van der Waals surface area contributed by atoms with Crippen molar-refractivity contribution in [1.29, 1.82) is 5.26 Å². The van der Waals surface area contributed by atoms with Crippen LogP contribution in [0.3, 0.4) is 0 Å². The molecule has 0 bridgehead atoms. The fraction of sp³-hybridized carbons (Fsp3) is 0.462. The zero-order valence-corrected chi connectivity index (χ0v) is 9.65. The fourth-order valence-electron chi connectivity index (χ4n) is 1.27. The monoisotopic (exact) mass is 218 g/mol. The molecule has 1 N–H and O–H groups in total. The van der Waals surface area contributed by atoms with E-state index in [9.17, 15) is 0 Å². The van der Waals surface area contributed by atoms with Gasteiger partial charge < -0.3 is 10.1 Å². The summed E-state index contributed by atoms with van der Waals surface area (Å²) in [5, 5.41) is 11.8.